The summed E-state index contributed by atoms with van der Waals surface area (Å²) in [6.45, 7) is 1.73. The molecule has 0 saturated heterocycles. The van der Waals surface area contributed by atoms with Crippen LogP contribution in [-0.4, -0.2) is 20.8 Å². The van der Waals surface area contributed by atoms with E-state index in [4.69, 9.17) is 4.74 Å². The van der Waals surface area contributed by atoms with Crippen LogP contribution in [0.15, 0.2) is 71.3 Å². The maximum absolute atomic E-state index is 10.4. The highest BCUT2D eigenvalue weighted by molar-refractivity contribution is 9.10. The Kier molecular flexibility index (Phi) is 4.19. The number of aliphatic hydroxyl groups is 1. The van der Waals surface area contributed by atoms with Crippen LogP contribution in [0.2, 0.25) is 0 Å². The predicted molar refractivity (Wildman–Crippen MR) is 103 cm³/mol. The zero-order valence-electron chi connectivity index (χ0n) is 13.6. The maximum atomic E-state index is 10.4. The van der Waals surface area contributed by atoms with Gasteiger partial charge in [-0.05, 0) is 49.4 Å². The largest absolute Gasteiger partial charge is 0.467 e. The summed E-state index contributed by atoms with van der Waals surface area (Å²) in [6.07, 6.45) is 0.456. The number of ether oxygens (including phenoxy) is 1. The van der Waals surface area contributed by atoms with Crippen LogP contribution in [-0.2, 0) is 0 Å². The zero-order valence-corrected chi connectivity index (χ0v) is 15.2. The van der Waals surface area contributed by atoms with Gasteiger partial charge in [0.15, 0.2) is 0 Å². The molecule has 4 aromatic rings. The van der Waals surface area contributed by atoms with Crippen molar-refractivity contribution in [3.63, 3.8) is 0 Å². The van der Waals surface area contributed by atoms with E-state index in [0.29, 0.717) is 5.75 Å². The summed E-state index contributed by atoms with van der Waals surface area (Å²) in [5.74, 6) is 0.705. The third kappa shape index (κ3) is 2.90. The van der Waals surface area contributed by atoms with Gasteiger partial charge in [-0.3, -0.25) is 4.57 Å². The minimum absolute atomic E-state index is 0.585. The van der Waals surface area contributed by atoms with Crippen LogP contribution in [0, 0.1) is 0 Å². The standard InChI is InChI=1S/C20H17BrN2O2/c1-13(24)20(25-15-6-3-2-4-7-15)23-18-10-9-14(21)12-17(18)16-8-5-11-22-19(16)23/h2-13,20,24H,1H3. The monoisotopic (exact) mass is 396 g/mol. The summed E-state index contributed by atoms with van der Waals surface area (Å²) < 4.78 is 9.10. The van der Waals surface area contributed by atoms with Crippen molar-refractivity contribution < 1.29 is 9.84 Å². The average molecular weight is 397 g/mol. The fourth-order valence-electron chi connectivity index (χ4n) is 3.11. The van der Waals surface area contributed by atoms with Gasteiger partial charge < -0.3 is 9.84 Å². The molecule has 2 aromatic heterocycles. The highest BCUT2D eigenvalue weighted by Crippen LogP contribution is 2.34. The molecule has 25 heavy (non-hydrogen) atoms. The Hall–Kier alpha value is -2.37. The minimum Gasteiger partial charge on any atom is -0.467 e. The van der Waals surface area contributed by atoms with E-state index in [9.17, 15) is 5.11 Å². The van der Waals surface area contributed by atoms with Crippen molar-refractivity contribution in [1.82, 2.24) is 9.55 Å². The van der Waals surface area contributed by atoms with E-state index >= 15 is 0 Å². The fraction of sp³-hybridized carbons (Fsp3) is 0.150. The Labute approximate surface area is 153 Å². The topological polar surface area (TPSA) is 47.3 Å². The summed E-state index contributed by atoms with van der Waals surface area (Å²) >= 11 is 3.54. The van der Waals surface area contributed by atoms with Crippen LogP contribution >= 0.6 is 15.9 Å². The van der Waals surface area contributed by atoms with Gasteiger partial charge in [0.25, 0.3) is 0 Å². The first-order valence-electron chi connectivity index (χ1n) is 8.09. The predicted octanol–water partition coefficient (Wildman–Crippen LogP) is 4.91. The van der Waals surface area contributed by atoms with Gasteiger partial charge in [0.05, 0.1) is 5.52 Å². The van der Waals surface area contributed by atoms with Gasteiger partial charge in [-0.25, -0.2) is 4.98 Å². The lowest BCUT2D eigenvalue weighted by Crippen LogP contribution is -2.27. The van der Waals surface area contributed by atoms with E-state index in [2.05, 4.69) is 27.0 Å². The molecular weight excluding hydrogens is 380 g/mol. The Morgan fingerprint density at radius 1 is 1.04 bits per heavy atom. The number of fused-ring (bicyclic) bond motifs is 3. The van der Waals surface area contributed by atoms with Crippen LogP contribution in [0.4, 0.5) is 0 Å². The number of aromatic nitrogens is 2. The van der Waals surface area contributed by atoms with Crippen LogP contribution in [0.25, 0.3) is 21.9 Å². The van der Waals surface area contributed by atoms with Gasteiger partial charge in [-0.15, -0.1) is 0 Å². The molecule has 1 N–H and O–H groups in total. The van der Waals surface area contributed by atoms with E-state index in [1.54, 1.807) is 13.1 Å². The van der Waals surface area contributed by atoms with Crippen LogP contribution < -0.4 is 4.74 Å². The van der Waals surface area contributed by atoms with Crippen molar-refractivity contribution in [3.8, 4) is 5.75 Å². The summed E-state index contributed by atoms with van der Waals surface area (Å²) in [5.41, 5.74) is 1.76. The SMILES string of the molecule is CC(O)C(Oc1ccccc1)n1c2ccc(Br)cc2c2cccnc21. The summed E-state index contributed by atoms with van der Waals surface area (Å²) in [4.78, 5) is 4.55. The van der Waals surface area contributed by atoms with Crippen molar-refractivity contribution in [2.45, 2.75) is 19.3 Å². The average Bonchev–Trinajstić information content (AvgIpc) is 2.94. The molecule has 2 heterocycles. The van der Waals surface area contributed by atoms with Crippen molar-refractivity contribution in [1.29, 1.82) is 0 Å². The molecule has 0 bridgehead atoms. The van der Waals surface area contributed by atoms with Gasteiger partial charge in [0.1, 0.15) is 17.5 Å². The fourth-order valence-corrected chi connectivity index (χ4v) is 3.47. The molecule has 0 aliphatic rings. The van der Waals surface area contributed by atoms with Gasteiger partial charge in [0.2, 0.25) is 6.23 Å². The van der Waals surface area contributed by atoms with Crippen LogP contribution in [0.1, 0.15) is 13.2 Å². The van der Waals surface area contributed by atoms with E-state index in [0.717, 1.165) is 26.4 Å². The number of pyridine rings is 1. The van der Waals surface area contributed by atoms with E-state index in [1.807, 2.05) is 59.2 Å². The van der Waals surface area contributed by atoms with Crippen molar-refractivity contribution in [2.75, 3.05) is 0 Å². The van der Waals surface area contributed by atoms with Crippen LogP contribution in [0.3, 0.4) is 0 Å². The number of hydrogen-bond donors (Lipinski definition) is 1. The molecule has 4 nitrogen and oxygen atoms in total. The maximum Gasteiger partial charge on any atom is 0.203 e. The molecule has 0 fully saturated rings. The molecule has 2 unspecified atom stereocenters. The van der Waals surface area contributed by atoms with E-state index in [1.165, 1.54) is 0 Å². The van der Waals surface area contributed by atoms with E-state index < -0.39 is 12.3 Å². The zero-order chi connectivity index (χ0) is 17.4. The Bertz CT molecular complexity index is 1030. The molecule has 0 saturated carbocycles. The molecular formula is C20H17BrN2O2. The number of nitrogens with zero attached hydrogens (tertiary/aromatic N) is 2. The minimum atomic E-state index is -0.718. The van der Waals surface area contributed by atoms with Gasteiger partial charge in [0, 0.05) is 21.4 Å². The summed E-state index contributed by atoms with van der Waals surface area (Å²) in [5, 5.41) is 12.5. The second-order valence-electron chi connectivity index (χ2n) is 5.97. The molecule has 126 valence electrons. The Morgan fingerprint density at radius 2 is 1.84 bits per heavy atom. The lowest BCUT2D eigenvalue weighted by Gasteiger charge is -2.24. The first kappa shape index (κ1) is 16.1. The number of rotatable bonds is 4. The van der Waals surface area contributed by atoms with Gasteiger partial charge >= 0.3 is 0 Å². The lowest BCUT2D eigenvalue weighted by molar-refractivity contribution is 0.00641. The molecule has 0 radical (unpaired) electrons. The summed E-state index contributed by atoms with van der Waals surface area (Å²) in [6, 6.07) is 19.6. The molecule has 0 aliphatic carbocycles. The van der Waals surface area contributed by atoms with E-state index in [-0.39, 0.29) is 0 Å². The molecule has 4 rings (SSSR count). The molecule has 2 atom stereocenters. The highest BCUT2D eigenvalue weighted by Gasteiger charge is 2.24. The highest BCUT2D eigenvalue weighted by atomic mass is 79.9. The first-order valence-corrected chi connectivity index (χ1v) is 8.88. The quantitative estimate of drug-likeness (QED) is 0.532. The normalized spacial score (nSPS) is 13.9. The van der Waals surface area contributed by atoms with Crippen molar-refractivity contribution >= 4 is 37.9 Å². The molecule has 0 spiro atoms. The van der Waals surface area contributed by atoms with Gasteiger partial charge in [-0.1, -0.05) is 34.1 Å². The van der Waals surface area contributed by atoms with Crippen molar-refractivity contribution in [3.05, 3.63) is 71.3 Å². The third-order valence-electron chi connectivity index (χ3n) is 4.19. The first-order chi connectivity index (χ1) is 12.1. The molecule has 0 amide bonds. The smallest absolute Gasteiger partial charge is 0.203 e. The second kappa shape index (κ2) is 6.50. The molecule has 5 heteroatoms. The number of benzene rings is 2. The van der Waals surface area contributed by atoms with Crippen LogP contribution in [0.5, 0.6) is 5.75 Å². The Morgan fingerprint density at radius 3 is 2.60 bits per heavy atom. The van der Waals surface area contributed by atoms with Crippen molar-refractivity contribution in [2.24, 2.45) is 0 Å². The number of halogens is 1. The molecule has 2 aromatic carbocycles. The second-order valence-corrected chi connectivity index (χ2v) is 6.88. The molecule has 0 aliphatic heterocycles. The third-order valence-corrected chi connectivity index (χ3v) is 4.68. The summed E-state index contributed by atoms with van der Waals surface area (Å²) in [7, 11) is 0. The number of aliphatic hydroxyl groups excluding tert-OH is 1. The lowest BCUT2D eigenvalue weighted by atomic mass is 10.2. The van der Waals surface area contributed by atoms with Gasteiger partial charge in [-0.2, -0.15) is 0 Å². The number of hydrogen-bond acceptors (Lipinski definition) is 3. The number of para-hydroxylation sites is 1. The Balaban J connectivity index is 1.95.